The molecule has 0 saturated carbocycles. The predicted molar refractivity (Wildman–Crippen MR) is 99.4 cm³/mol. The second kappa shape index (κ2) is 7.58. The van der Waals surface area contributed by atoms with Gasteiger partial charge >= 0.3 is 6.18 Å². The summed E-state index contributed by atoms with van der Waals surface area (Å²) >= 11 is 12.8. The van der Waals surface area contributed by atoms with Crippen molar-refractivity contribution in [2.75, 3.05) is 0 Å². The van der Waals surface area contributed by atoms with E-state index in [1.54, 1.807) is 18.2 Å². The number of hydrogen-bond acceptors (Lipinski definition) is 3. The van der Waals surface area contributed by atoms with Crippen molar-refractivity contribution in [1.82, 2.24) is 4.90 Å². The van der Waals surface area contributed by atoms with Crippen LogP contribution in [-0.4, -0.2) is 16.0 Å². The van der Waals surface area contributed by atoms with Crippen LogP contribution in [0.25, 0.3) is 6.08 Å². The topological polar surface area (TPSA) is 37.4 Å². The summed E-state index contributed by atoms with van der Waals surface area (Å²) in [6, 6.07) is 9.31. The van der Waals surface area contributed by atoms with E-state index in [9.17, 15) is 22.8 Å². The Morgan fingerprint density at radius 3 is 2.30 bits per heavy atom. The Bertz CT molecular complexity index is 940. The second-order valence-corrected chi connectivity index (χ2v) is 7.40. The van der Waals surface area contributed by atoms with E-state index in [-0.39, 0.29) is 17.0 Å². The molecule has 1 heterocycles. The zero-order chi connectivity index (χ0) is 19.8. The van der Waals surface area contributed by atoms with Crippen LogP contribution in [0.15, 0.2) is 47.4 Å². The van der Waals surface area contributed by atoms with Gasteiger partial charge in [-0.05, 0) is 47.7 Å². The summed E-state index contributed by atoms with van der Waals surface area (Å²) in [5.74, 6) is -0.613. The molecule has 3 rings (SSSR count). The van der Waals surface area contributed by atoms with Crippen LogP contribution in [0.1, 0.15) is 16.7 Å². The molecule has 0 aliphatic carbocycles. The molecule has 0 aromatic heterocycles. The Morgan fingerprint density at radius 1 is 1.04 bits per heavy atom. The van der Waals surface area contributed by atoms with E-state index in [1.807, 2.05) is 0 Å². The first kappa shape index (κ1) is 19.8. The number of benzene rings is 2. The Kier molecular flexibility index (Phi) is 5.55. The van der Waals surface area contributed by atoms with E-state index < -0.39 is 22.9 Å². The van der Waals surface area contributed by atoms with Gasteiger partial charge in [0.15, 0.2) is 0 Å². The van der Waals surface area contributed by atoms with Crippen LogP contribution < -0.4 is 0 Å². The maximum absolute atomic E-state index is 12.8. The van der Waals surface area contributed by atoms with Crippen molar-refractivity contribution in [3.05, 3.63) is 74.1 Å². The van der Waals surface area contributed by atoms with Crippen LogP contribution in [0.5, 0.6) is 0 Å². The molecule has 2 amide bonds. The normalized spacial score (nSPS) is 16.5. The smallest absolute Gasteiger partial charge is 0.268 e. The van der Waals surface area contributed by atoms with Crippen molar-refractivity contribution < 1.29 is 22.8 Å². The minimum Gasteiger partial charge on any atom is -0.268 e. The van der Waals surface area contributed by atoms with Crippen LogP contribution >= 0.6 is 35.0 Å². The summed E-state index contributed by atoms with van der Waals surface area (Å²) in [5, 5.41) is 0.0704. The van der Waals surface area contributed by atoms with Gasteiger partial charge in [-0.2, -0.15) is 13.2 Å². The standard InChI is InChI=1S/C18H10Cl2F3NO2S/c19-13-5-2-6-14(20)12(13)9-24-16(25)15(27-17(24)26)8-10-3-1-4-11(7-10)18(21,22)23/h1-8H,9H2. The largest absolute Gasteiger partial charge is 0.416 e. The molecule has 0 bridgehead atoms. The number of nitrogens with zero attached hydrogens (tertiary/aromatic N) is 1. The minimum absolute atomic E-state index is 0.0301. The van der Waals surface area contributed by atoms with E-state index >= 15 is 0 Å². The number of rotatable bonds is 3. The monoisotopic (exact) mass is 431 g/mol. The molecular weight excluding hydrogens is 422 g/mol. The molecule has 0 spiro atoms. The summed E-state index contributed by atoms with van der Waals surface area (Å²) in [4.78, 5) is 25.7. The molecule has 27 heavy (non-hydrogen) atoms. The molecule has 1 aliphatic rings. The Morgan fingerprint density at radius 2 is 1.67 bits per heavy atom. The maximum Gasteiger partial charge on any atom is 0.416 e. The molecule has 2 aromatic rings. The average Bonchev–Trinajstić information content (AvgIpc) is 2.85. The van der Waals surface area contributed by atoms with Crippen molar-refractivity contribution in [3.63, 3.8) is 0 Å². The SMILES string of the molecule is O=C1SC(=Cc2cccc(C(F)(F)F)c2)C(=O)N1Cc1c(Cl)cccc1Cl. The molecular formula is C18H10Cl2F3NO2S. The van der Waals surface area contributed by atoms with E-state index in [2.05, 4.69) is 0 Å². The van der Waals surface area contributed by atoms with Gasteiger partial charge < -0.3 is 0 Å². The second-order valence-electron chi connectivity index (χ2n) is 5.59. The van der Waals surface area contributed by atoms with Crippen molar-refractivity contribution in [1.29, 1.82) is 0 Å². The van der Waals surface area contributed by atoms with Crippen LogP contribution in [0.2, 0.25) is 10.0 Å². The van der Waals surface area contributed by atoms with E-state index in [4.69, 9.17) is 23.2 Å². The van der Waals surface area contributed by atoms with Gasteiger partial charge in [0.05, 0.1) is 17.0 Å². The zero-order valence-corrected chi connectivity index (χ0v) is 15.7. The third kappa shape index (κ3) is 4.31. The van der Waals surface area contributed by atoms with Gasteiger partial charge in [-0.15, -0.1) is 0 Å². The molecule has 3 nitrogen and oxygen atoms in total. The van der Waals surface area contributed by atoms with Crippen molar-refractivity contribution in [2.24, 2.45) is 0 Å². The first-order valence-electron chi connectivity index (χ1n) is 7.52. The first-order chi connectivity index (χ1) is 12.7. The van der Waals surface area contributed by atoms with Gasteiger partial charge in [-0.3, -0.25) is 14.5 Å². The number of hydrogen-bond donors (Lipinski definition) is 0. The highest BCUT2D eigenvalue weighted by Crippen LogP contribution is 2.36. The fourth-order valence-corrected chi connectivity index (χ4v) is 3.79. The fraction of sp³-hybridized carbons (Fsp3) is 0.111. The Hall–Kier alpha value is -1.96. The van der Waals surface area contributed by atoms with Gasteiger partial charge in [-0.1, -0.05) is 41.4 Å². The number of carbonyl (C=O) groups is 2. The third-order valence-corrected chi connectivity index (χ3v) is 5.38. The molecule has 0 N–H and O–H groups in total. The number of carbonyl (C=O) groups excluding carboxylic acids is 2. The molecule has 2 aromatic carbocycles. The Balaban J connectivity index is 1.87. The summed E-state index contributed by atoms with van der Waals surface area (Å²) in [6.45, 7) is -0.122. The van der Waals surface area contributed by atoms with Gasteiger partial charge in [0, 0.05) is 15.6 Å². The number of imide groups is 1. The summed E-state index contributed by atoms with van der Waals surface area (Å²) < 4.78 is 38.5. The molecule has 0 radical (unpaired) electrons. The van der Waals surface area contributed by atoms with Crippen molar-refractivity contribution in [2.45, 2.75) is 12.7 Å². The summed E-state index contributed by atoms with van der Waals surface area (Å²) in [6.07, 6.45) is -3.24. The third-order valence-electron chi connectivity index (χ3n) is 3.76. The lowest BCUT2D eigenvalue weighted by Crippen LogP contribution is -2.27. The molecule has 0 unspecified atom stereocenters. The minimum atomic E-state index is -4.50. The lowest BCUT2D eigenvalue weighted by molar-refractivity contribution is -0.137. The number of halogens is 5. The lowest BCUT2D eigenvalue weighted by atomic mass is 10.1. The molecule has 1 fully saturated rings. The molecule has 1 saturated heterocycles. The number of thioether (sulfide) groups is 1. The quantitative estimate of drug-likeness (QED) is 0.539. The average molecular weight is 432 g/mol. The summed E-state index contributed by atoms with van der Waals surface area (Å²) in [7, 11) is 0. The molecule has 9 heteroatoms. The highest BCUT2D eigenvalue weighted by molar-refractivity contribution is 8.18. The number of alkyl halides is 3. The van der Waals surface area contributed by atoms with Crippen molar-refractivity contribution in [3.8, 4) is 0 Å². The highest BCUT2D eigenvalue weighted by atomic mass is 35.5. The van der Waals surface area contributed by atoms with Crippen molar-refractivity contribution >= 4 is 52.2 Å². The maximum atomic E-state index is 12.8. The molecule has 0 atom stereocenters. The molecule has 140 valence electrons. The van der Waals surface area contributed by atoms with E-state index in [1.165, 1.54) is 18.2 Å². The van der Waals surface area contributed by atoms with Gasteiger partial charge in [-0.25, -0.2) is 0 Å². The van der Waals surface area contributed by atoms with E-state index in [0.29, 0.717) is 27.4 Å². The molecule has 1 aliphatic heterocycles. The summed E-state index contributed by atoms with van der Waals surface area (Å²) in [5.41, 5.74) is -0.243. The highest BCUT2D eigenvalue weighted by Gasteiger charge is 2.36. The van der Waals surface area contributed by atoms with Gasteiger partial charge in [0.1, 0.15) is 0 Å². The Labute approximate surface area is 166 Å². The lowest BCUT2D eigenvalue weighted by Gasteiger charge is -2.14. The van der Waals surface area contributed by atoms with Crippen LogP contribution in [-0.2, 0) is 17.5 Å². The fourth-order valence-electron chi connectivity index (χ4n) is 2.43. The van der Waals surface area contributed by atoms with Crippen LogP contribution in [0.4, 0.5) is 18.0 Å². The van der Waals surface area contributed by atoms with Crippen LogP contribution in [0, 0.1) is 0 Å². The number of amides is 2. The first-order valence-corrected chi connectivity index (χ1v) is 9.09. The van der Waals surface area contributed by atoms with Gasteiger partial charge in [0.2, 0.25) is 0 Å². The van der Waals surface area contributed by atoms with E-state index in [0.717, 1.165) is 17.0 Å². The van der Waals surface area contributed by atoms with Gasteiger partial charge in [0.25, 0.3) is 11.1 Å². The predicted octanol–water partition coefficient (Wildman–Crippen LogP) is 6.25. The zero-order valence-electron chi connectivity index (χ0n) is 13.4. The van der Waals surface area contributed by atoms with Crippen LogP contribution in [0.3, 0.4) is 0 Å².